The van der Waals surface area contributed by atoms with Crippen LogP contribution in [0.3, 0.4) is 0 Å². The van der Waals surface area contributed by atoms with Gasteiger partial charge in [-0.05, 0) is 19.4 Å². The van der Waals surface area contributed by atoms with Crippen LogP contribution in [0.25, 0.3) is 0 Å². The first kappa shape index (κ1) is 15.9. The normalized spacial score (nSPS) is 34.5. The van der Waals surface area contributed by atoms with Crippen LogP contribution in [0.15, 0.2) is 30.3 Å². The van der Waals surface area contributed by atoms with Crippen molar-refractivity contribution in [1.29, 1.82) is 0 Å². The fourth-order valence-corrected chi connectivity index (χ4v) is 2.89. The van der Waals surface area contributed by atoms with Gasteiger partial charge in [0, 0.05) is 0 Å². The van der Waals surface area contributed by atoms with Gasteiger partial charge in [0.05, 0.1) is 13.2 Å². The number of rotatable bonds is 5. The third kappa shape index (κ3) is 3.17. The molecule has 2 N–H and O–H groups in total. The van der Waals surface area contributed by atoms with E-state index in [0.717, 1.165) is 5.56 Å². The van der Waals surface area contributed by atoms with Crippen LogP contribution in [0.4, 0.5) is 0 Å². The van der Waals surface area contributed by atoms with Gasteiger partial charge < -0.3 is 29.2 Å². The van der Waals surface area contributed by atoms with E-state index in [2.05, 4.69) is 0 Å². The molecule has 5 atom stereocenters. The molecule has 0 amide bonds. The quantitative estimate of drug-likeness (QED) is 0.838. The predicted molar refractivity (Wildman–Crippen MR) is 76.8 cm³/mol. The van der Waals surface area contributed by atoms with Crippen LogP contribution < -0.4 is 0 Å². The molecule has 0 aromatic heterocycles. The van der Waals surface area contributed by atoms with Crippen molar-refractivity contribution in [3.8, 4) is 0 Å². The van der Waals surface area contributed by atoms with E-state index in [9.17, 15) is 10.2 Å². The van der Waals surface area contributed by atoms with Crippen molar-refractivity contribution in [2.24, 2.45) is 0 Å². The van der Waals surface area contributed by atoms with Gasteiger partial charge in [0.2, 0.25) is 0 Å². The molecule has 6 nitrogen and oxygen atoms in total. The molecule has 3 rings (SSSR count). The van der Waals surface area contributed by atoms with Crippen LogP contribution in [-0.4, -0.2) is 53.3 Å². The summed E-state index contributed by atoms with van der Waals surface area (Å²) in [5.74, 6) is -0.763. The summed E-state index contributed by atoms with van der Waals surface area (Å²) in [4.78, 5) is 0. The van der Waals surface area contributed by atoms with Gasteiger partial charge in [-0.2, -0.15) is 0 Å². The standard InChI is InChI=1S/C16H22O6/c1-16(2)21-13-12(11(18)8-17)20-15(14(13)22-16)19-9-10-6-4-3-5-7-10/h3-7,11-15,17-18H,8-9H2,1-2H3/t11?,12-,13?,14-,15+/m1/s1. The molecule has 1 aromatic carbocycles. The molecule has 22 heavy (non-hydrogen) atoms. The highest BCUT2D eigenvalue weighted by Gasteiger charge is 2.57. The first-order valence-electron chi connectivity index (χ1n) is 7.46. The lowest BCUT2D eigenvalue weighted by Crippen LogP contribution is -2.40. The van der Waals surface area contributed by atoms with Crippen LogP contribution in [0.1, 0.15) is 19.4 Å². The van der Waals surface area contributed by atoms with Gasteiger partial charge in [-0.1, -0.05) is 30.3 Å². The van der Waals surface area contributed by atoms with E-state index in [1.165, 1.54) is 0 Å². The van der Waals surface area contributed by atoms with Crippen molar-refractivity contribution >= 4 is 0 Å². The molecule has 0 aliphatic carbocycles. The molecule has 0 bridgehead atoms. The van der Waals surface area contributed by atoms with Gasteiger partial charge >= 0.3 is 0 Å². The van der Waals surface area contributed by atoms with Gasteiger partial charge in [0.25, 0.3) is 0 Å². The molecular formula is C16H22O6. The largest absolute Gasteiger partial charge is 0.394 e. The maximum Gasteiger partial charge on any atom is 0.187 e. The second-order valence-corrected chi connectivity index (χ2v) is 6.08. The Hall–Kier alpha value is -1.02. The fraction of sp³-hybridized carbons (Fsp3) is 0.625. The second kappa shape index (κ2) is 6.23. The summed E-state index contributed by atoms with van der Waals surface area (Å²) in [7, 11) is 0. The Morgan fingerprint density at radius 1 is 1.18 bits per heavy atom. The predicted octanol–water partition coefficient (Wildman–Crippen LogP) is 0.801. The van der Waals surface area contributed by atoms with Crippen LogP contribution in [-0.2, 0) is 25.6 Å². The maximum atomic E-state index is 9.91. The molecule has 122 valence electrons. The van der Waals surface area contributed by atoms with E-state index < -0.39 is 43.1 Å². The SMILES string of the molecule is CC1(C)OC2[C@@H](C(O)CO)O[C@H](OCc3ccccc3)[C@@H]2O1. The summed E-state index contributed by atoms with van der Waals surface area (Å²) in [6.07, 6.45) is -3.23. The number of benzene rings is 1. The van der Waals surface area contributed by atoms with Crippen LogP contribution in [0.5, 0.6) is 0 Å². The Balaban J connectivity index is 1.69. The van der Waals surface area contributed by atoms with E-state index in [1.807, 2.05) is 44.2 Å². The molecule has 2 heterocycles. The first-order valence-corrected chi connectivity index (χ1v) is 7.46. The van der Waals surface area contributed by atoms with E-state index in [-0.39, 0.29) is 0 Å². The molecule has 2 saturated heterocycles. The lowest BCUT2D eigenvalue weighted by Gasteiger charge is -2.25. The third-order valence-electron chi connectivity index (χ3n) is 3.87. The van der Waals surface area contributed by atoms with Gasteiger partial charge in [-0.3, -0.25) is 0 Å². The molecule has 0 saturated carbocycles. The topological polar surface area (TPSA) is 77.4 Å². The average molecular weight is 310 g/mol. The third-order valence-corrected chi connectivity index (χ3v) is 3.87. The molecule has 0 radical (unpaired) electrons. The molecule has 2 aliphatic rings. The van der Waals surface area contributed by atoms with Gasteiger partial charge in [0.15, 0.2) is 12.1 Å². The maximum absolute atomic E-state index is 9.91. The average Bonchev–Trinajstić information content (AvgIpc) is 2.99. The van der Waals surface area contributed by atoms with Crippen LogP contribution in [0, 0.1) is 0 Å². The Bertz CT molecular complexity index is 491. The summed E-state index contributed by atoms with van der Waals surface area (Å²) in [5.41, 5.74) is 1.02. The minimum absolute atomic E-state index is 0.375. The summed E-state index contributed by atoms with van der Waals surface area (Å²) in [6, 6.07) is 9.74. The Kier molecular flexibility index (Phi) is 4.49. The van der Waals surface area contributed by atoms with Crippen molar-refractivity contribution in [3.05, 3.63) is 35.9 Å². The highest BCUT2D eigenvalue weighted by molar-refractivity contribution is 5.13. The number of ether oxygens (including phenoxy) is 4. The molecule has 1 aromatic rings. The van der Waals surface area contributed by atoms with E-state index in [4.69, 9.17) is 18.9 Å². The minimum atomic E-state index is -1.03. The minimum Gasteiger partial charge on any atom is -0.394 e. The zero-order chi connectivity index (χ0) is 15.7. The zero-order valence-corrected chi connectivity index (χ0v) is 12.7. The highest BCUT2D eigenvalue weighted by atomic mass is 16.8. The monoisotopic (exact) mass is 310 g/mol. The zero-order valence-electron chi connectivity index (χ0n) is 12.7. The van der Waals surface area contributed by atoms with E-state index in [1.54, 1.807) is 0 Å². The second-order valence-electron chi connectivity index (χ2n) is 6.08. The van der Waals surface area contributed by atoms with Crippen LogP contribution in [0.2, 0.25) is 0 Å². The first-order chi connectivity index (χ1) is 10.5. The molecule has 2 unspecified atom stereocenters. The van der Waals surface area contributed by atoms with Crippen molar-refractivity contribution in [3.63, 3.8) is 0 Å². The van der Waals surface area contributed by atoms with Crippen molar-refractivity contribution < 1.29 is 29.2 Å². The number of aliphatic hydroxyl groups is 2. The molecule has 0 spiro atoms. The molecular weight excluding hydrogens is 288 g/mol. The lowest BCUT2D eigenvalue weighted by atomic mass is 10.1. The van der Waals surface area contributed by atoms with E-state index >= 15 is 0 Å². The lowest BCUT2D eigenvalue weighted by molar-refractivity contribution is -0.247. The van der Waals surface area contributed by atoms with Crippen molar-refractivity contribution in [1.82, 2.24) is 0 Å². The molecule has 6 heteroatoms. The van der Waals surface area contributed by atoms with Gasteiger partial charge in [0.1, 0.15) is 24.4 Å². The Morgan fingerprint density at radius 2 is 1.86 bits per heavy atom. The summed E-state index contributed by atoms with van der Waals surface area (Å²) in [5, 5.41) is 19.1. The van der Waals surface area contributed by atoms with Gasteiger partial charge in [-0.25, -0.2) is 0 Å². The van der Waals surface area contributed by atoms with Crippen molar-refractivity contribution in [2.45, 2.75) is 56.9 Å². The molecule has 2 fully saturated rings. The Morgan fingerprint density at radius 3 is 2.55 bits per heavy atom. The number of fused-ring (bicyclic) bond motifs is 1. The van der Waals surface area contributed by atoms with Crippen molar-refractivity contribution in [2.75, 3.05) is 6.61 Å². The summed E-state index contributed by atoms with van der Waals surface area (Å²) in [6.45, 7) is 3.59. The van der Waals surface area contributed by atoms with Gasteiger partial charge in [-0.15, -0.1) is 0 Å². The van der Waals surface area contributed by atoms with Crippen LogP contribution >= 0.6 is 0 Å². The summed E-state index contributed by atoms with van der Waals surface area (Å²) >= 11 is 0. The van der Waals surface area contributed by atoms with E-state index in [0.29, 0.717) is 6.61 Å². The Labute approximate surface area is 129 Å². The number of hydrogen-bond acceptors (Lipinski definition) is 6. The smallest absolute Gasteiger partial charge is 0.187 e. The summed E-state index contributed by atoms with van der Waals surface area (Å²) < 4.78 is 23.1. The number of aliphatic hydroxyl groups excluding tert-OH is 2. The number of hydrogen-bond donors (Lipinski definition) is 2. The fourth-order valence-electron chi connectivity index (χ4n) is 2.89. The highest BCUT2D eigenvalue weighted by Crippen LogP contribution is 2.40. The molecule has 2 aliphatic heterocycles.